The van der Waals surface area contributed by atoms with E-state index in [2.05, 4.69) is 20.6 Å². The molecule has 1 aliphatic rings. The summed E-state index contributed by atoms with van der Waals surface area (Å²) in [4.78, 5) is 35.1. The third kappa shape index (κ3) is 4.38. The van der Waals surface area contributed by atoms with Gasteiger partial charge in [0.15, 0.2) is 5.13 Å². The van der Waals surface area contributed by atoms with Gasteiger partial charge in [0, 0.05) is 23.2 Å². The van der Waals surface area contributed by atoms with Gasteiger partial charge in [-0.05, 0) is 31.5 Å². The van der Waals surface area contributed by atoms with Crippen molar-refractivity contribution in [3.8, 4) is 11.4 Å². The van der Waals surface area contributed by atoms with E-state index in [0.717, 1.165) is 17.0 Å². The van der Waals surface area contributed by atoms with Crippen LogP contribution in [0, 0.1) is 5.92 Å². The second kappa shape index (κ2) is 9.64. The number of carbonyl (C=O) groups excluding carboxylic acids is 2. The molecule has 3 aromatic rings. The third-order valence-electron chi connectivity index (χ3n) is 5.93. The minimum atomic E-state index is -1.02. The molecule has 8 nitrogen and oxygen atoms in total. The summed E-state index contributed by atoms with van der Waals surface area (Å²) in [7, 11) is 2.68. The zero-order chi connectivity index (χ0) is 24.3. The fourth-order valence-corrected chi connectivity index (χ4v) is 5.29. The summed E-state index contributed by atoms with van der Waals surface area (Å²) < 4.78 is 10.3. The van der Waals surface area contributed by atoms with Crippen LogP contribution in [0.5, 0.6) is 0 Å². The highest BCUT2D eigenvalue weighted by molar-refractivity contribution is 7.14. The Balaban J connectivity index is 1.80. The molecule has 0 amide bonds. The number of nitrogens with one attached hydrogen (secondary N) is 2. The summed E-state index contributed by atoms with van der Waals surface area (Å²) >= 11 is 1.41. The first-order chi connectivity index (χ1) is 16.4. The number of thiazole rings is 1. The van der Waals surface area contributed by atoms with E-state index in [1.54, 1.807) is 13.1 Å². The Morgan fingerprint density at radius 1 is 1.06 bits per heavy atom. The van der Waals surface area contributed by atoms with E-state index in [1.807, 2.05) is 60.8 Å². The largest absolute Gasteiger partial charge is 0.469 e. The summed E-state index contributed by atoms with van der Waals surface area (Å²) in [6.07, 6.45) is 1.71. The van der Waals surface area contributed by atoms with Gasteiger partial charge >= 0.3 is 11.9 Å². The molecule has 4 rings (SSSR count). The number of hydrogen-bond acceptors (Lipinski definition) is 9. The number of carbonyl (C=O) groups is 2. The van der Waals surface area contributed by atoms with Crippen LogP contribution in [0.4, 0.5) is 5.13 Å². The monoisotopic (exact) mass is 478 g/mol. The zero-order valence-electron chi connectivity index (χ0n) is 19.4. The molecule has 1 aliphatic heterocycles. The first-order valence-corrected chi connectivity index (χ1v) is 11.6. The maximum Gasteiger partial charge on any atom is 0.336 e. The number of rotatable bonds is 6. The molecule has 176 valence electrons. The molecule has 2 aromatic heterocycles. The van der Waals surface area contributed by atoms with Crippen LogP contribution < -0.4 is 10.6 Å². The maximum absolute atomic E-state index is 13.2. The Morgan fingerprint density at radius 2 is 1.79 bits per heavy atom. The van der Waals surface area contributed by atoms with E-state index >= 15 is 0 Å². The van der Waals surface area contributed by atoms with Crippen molar-refractivity contribution in [3.05, 3.63) is 76.9 Å². The number of allylic oxidation sites excluding steroid dienone is 1. The average Bonchev–Trinajstić information content (AvgIpc) is 3.31. The summed E-state index contributed by atoms with van der Waals surface area (Å²) in [5.41, 5.74) is 2.26. The van der Waals surface area contributed by atoms with Gasteiger partial charge in [0.05, 0.1) is 25.5 Å². The second-order valence-corrected chi connectivity index (χ2v) is 8.98. The molecule has 9 heteroatoms. The summed E-state index contributed by atoms with van der Waals surface area (Å²) in [6.45, 7) is 3.67. The SMILES string of the molecule is COC(=O)C1=C(C)NC(C)(Nc2nc(-c3ccccn3)cs2)C(C(=O)OC)C1c1ccccc1. The van der Waals surface area contributed by atoms with Crippen molar-refractivity contribution in [1.29, 1.82) is 0 Å². The predicted octanol–water partition coefficient (Wildman–Crippen LogP) is 3.96. The van der Waals surface area contributed by atoms with E-state index in [1.165, 1.54) is 25.6 Å². The van der Waals surface area contributed by atoms with Gasteiger partial charge in [0.1, 0.15) is 17.3 Å². The highest BCUT2D eigenvalue weighted by atomic mass is 32.1. The molecule has 0 saturated heterocycles. The highest BCUT2D eigenvalue weighted by Crippen LogP contribution is 2.45. The van der Waals surface area contributed by atoms with Gasteiger partial charge in [-0.25, -0.2) is 9.78 Å². The Labute approximate surface area is 202 Å². The summed E-state index contributed by atoms with van der Waals surface area (Å²) in [6, 6.07) is 15.1. The molecule has 34 heavy (non-hydrogen) atoms. The van der Waals surface area contributed by atoms with Gasteiger partial charge in [-0.1, -0.05) is 36.4 Å². The lowest BCUT2D eigenvalue weighted by Crippen LogP contribution is -2.62. The topological polar surface area (TPSA) is 102 Å². The van der Waals surface area contributed by atoms with Crippen molar-refractivity contribution in [1.82, 2.24) is 15.3 Å². The number of benzene rings is 1. The number of aromatic nitrogens is 2. The van der Waals surface area contributed by atoms with Gasteiger partial charge in [-0.3, -0.25) is 9.78 Å². The minimum absolute atomic E-state index is 0.386. The van der Waals surface area contributed by atoms with Crippen LogP contribution in [-0.4, -0.2) is 41.8 Å². The predicted molar refractivity (Wildman–Crippen MR) is 130 cm³/mol. The number of pyridine rings is 1. The molecule has 3 unspecified atom stereocenters. The van der Waals surface area contributed by atoms with Crippen LogP contribution in [0.2, 0.25) is 0 Å². The Kier molecular flexibility index (Phi) is 6.65. The Morgan fingerprint density at radius 3 is 2.44 bits per heavy atom. The van der Waals surface area contributed by atoms with Crippen LogP contribution in [0.3, 0.4) is 0 Å². The normalized spacial score (nSPS) is 22.0. The molecular weight excluding hydrogens is 452 g/mol. The maximum atomic E-state index is 13.2. The standard InChI is InChI=1S/C25H26N4O4S/c1-15-19(22(30)32-3)20(16-10-6-5-7-11-16)21(23(31)33-4)25(2,28-15)29-24-27-18(14-34-24)17-12-8-9-13-26-17/h5-14,20-21,28H,1-4H3,(H,27,29). The van der Waals surface area contributed by atoms with Crippen molar-refractivity contribution in [2.24, 2.45) is 5.92 Å². The van der Waals surface area contributed by atoms with E-state index in [0.29, 0.717) is 16.4 Å². The van der Waals surface area contributed by atoms with Crippen molar-refractivity contribution < 1.29 is 19.1 Å². The van der Waals surface area contributed by atoms with Gasteiger partial charge in [0.25, 0.3) is 0 Å². The summed E-state index contributed by atoms with van der Waals surface area (Å²) in [5, 5.41) is 9.25. The molecular formula is C25H26N4O4S. The fourth-order valence-electron chi connectivity index (χ4n) is 4.47. The van der Waals surface area contributed by atoms with Gasteiger partial charge in [-0.2, -0.15) is 0 Å². The van der Waals surface area contributed by atoms with Crippen molar-refractivity contribution in [2.45, 2.75) is 25.4 Å². The fraction of sp³-hybridized carbons (Fsp3) is 0.280. The molecule has 0 bridgehead atoms. The third-order valence-corrected chi connectivity index (χ3v) is 6.69. The van der Waals surface area contributed by atoms with Crippen molar-refractivity contribution >= 4 is 28.4 Å². The van der Waals surface area contributed by atoms with Gasteiger partial charge in [0.2, 0.25) is 0 Å². The number of ether oxygens (including phenoxy) is 2. The Hall–Kier alpha value is -3.72. The summed E-state index contributed by atoms with van der Waals surface area (Å²) in [5.74, 6) is -2.37. The lowest BCUT2D eigenvalue weighted by Gasteiger charge is -2.46. The van der Waals surface area contributed by atoms with Crippen LogP contribution in [0.1, 0.15) is 25.3 Å². The number of nitrogens with zero attached hydrogens (tertiary/aromatic N) is 2. The van der Waals surface area contributed by atoms with E-state index in [4.69, 9.17) is 9.47 Å². The van der Waals surface area contributed by atoms with Crippen LogP contribution >= 0.6 is 11.3 Å². The molecule has 0 spiro atoms. The van der Waals surface area contributed by atoms with Crippen LogP contribution in [0.15, 0.2) is 71.4 Å². The zero-order valence-corrected chi connectivity index (χ0v) is 20.2. The van der Waals surface area contributed by atoms with Crippen molar-refractivity contribution in [3.63, 3.8) is 0 Å². The van der Waals surface area contributed by atoms with Crippen LogP contribution in [0.25, 0.3) is 11.4 Å². The van der Waals surface area contributed by atoms with Gasteiger partial charge in [-0.15, -0.1) is 11.3 Å². The molecule has 0 radical (unpaired) electrons. The first-order valence-electron chi connectivity index (χ1n) is 10.7. The first kappa shape index (κ1) is 23.4. The number of hydrogen-bond donors (Lipinski definition) is 2. The van der Waals surface area contributed by atoms with E-state index in [9.17, 15) is 9.59 Å². The second-order valence-electron chi connectivity index (χ2n) is 8.12. The molecule has 0 aliphatic carbocycles. The number of anilines is 1. The van der Waals surface area contributed by atoms with E-state index in [-0.39, 0.29) is 0 Å². The average molecular weight is 479 g/mol. The van der Waals surface area contributed by atoms with Crippen LogP contribution in [-0.2, 0) is 19.1 Å². The molecule has 0 fully saturated rings. The quantitative estimate of drug-likeness (QED) is 0.514. The molecule has 0 saturated carbocycles. The number of methoxy groups -OCH3 is 2. The van der Waals surface area contributed by atoms with E-state index < -0.39 is 29.4 Å². The lowest BCUT2D eigenvalue weighted by molar-refractivity contribution is -0.149. The van der Waals surface area contributed by atoms with Crippen molar-refractivity contribution in [2.75, 3.05) is 19.5 Å². The molecule has 2 N–H and O–H groups in total. The highest BCUT2D eigenvalue weighted by Gasteiger charge is 2.52. The van der Waals surface area contributed by atoms with Gasteiger partial charge < -0.3 is 20.1 Å². The molecule has 3 atom stereocenters. The smallest absolute Gasteiger partial charge is 0.336 e. The molecule has 1 aromatic carbocycles. The lowest BCUT2D eigenvalue weighted by atomic mass is 9.71. The Bertz CT molecular complexity index is 1210. The minimum Gasteiger partial charge on any atom is -0.469 e. The number of esters is 2. The molecule has 3 heterocycles.